The molecule has 2 aromatic rings. The quantitative estimate of drug-likeness (QED) is 0.236. The number of hydrogen-bond acceptors (Lipinski definition) is 9. The first-order valence-corrected chi connectivity index (χ1v) is 16.8. The molecule has 2 aliphatic carbocycles. The summed E-state index contributed by atoms with van der Waals surface area (Å²) in [5.74, 6) is 1.53. The minimum absolute atomic E-state index is 0.104. The number of benzene rings is 2. The number of nitrogens with one attached hydrogen (secondary N) is 2. The Morgan fingerprint density at radius 3 is 2.70 bits per heavy atom. The number of likely N-dealkylation sites (N-methyl/N-ethyl adjacent to an activating group) is 1. The molecule has 10 heteroatoms. The Hall–Kier alpha value is -3.50. The van der Waals surface area contributed by atoms with Gasteiger partial charge in [0.25, 0.3) is 0 Å². The number of ether oxygens (including phenoxy) is 4. The van der Waals surface area contributed by atoms with Crippen molar-refractivity contribution in [3.05, 3.63) is 53.1 Å². The Balaban J connectivity index is 1.14. The summed E-state index contributed by atoms with van der Waals surface area (Å²) < 4.78 is 23.7. The monoisotopic (exact) mass is 635 g/mol. The van der Waals surface area contributed by atoms with Gasteiger partial charge in [-0.15, -0.1) is 0 Å². The predicted molar refractivity (Wildman–Crippen MR) is 173 cm³/mol. The molecule has 3 N–H and O–H groups in total. The third-order valence-corrected chi connectivity index (χ3v) is 10.4. The van der Waals surface area contributed by atoms with Crippen LogP contribution in [0.3, 0.4) is 0 Å². The van der Waals surface area contributed by atoms with Crippen LogP contribution < -0.4 is 20.1 Å². The van der Waals surface area contributed by atoms with Crippen LogP contribution in [0.4, 0.5) is 4.79 Å². The summed E-state index contributed by atoms with van der Waals surface area (Å²) in [7, 11) is 3.87. The molecule has 4 aliphatic rings. The summed E-state index contributed by atoms with van der Waals surface area (Å²) in [6, 6.07) is 11.0. The number of alkyl carbamates (subject to hydrolysis) is 1. The smallest absolute Gasteiger partial charge is 0.407 e. The number of esters is 1. The van der Waals surface area contributed by atoms with E-state index in [1.165, 1.54) is 0 Å². The molecular weight excluding hydrogens is 586 g/mol. The van der Waals surface area contributed by atoms with Crippen LogP contribution in [0.15, 0.2) is 36.4 Å². The van der Waals surface area contributed by atoms with Crippen LogP contribution in [0.1, 0.15) is 76.0 Å². The molecule has 10 nitrogen and oxygen atoms in total. The van der Waals surface area contributed by atoms with Crippen molar-refractivity contribution < 1.29 is 33.6 Å². The number of hydrogen-bond donors (Lipinski definition) is 3. The van der Waals surface area contributed by atoms with E-state index in [0.29, 0.717) is 43.5 Å². The van der Waals surface area contributed by atoms with Crippen LogP contribution in [-0.4, -0.2) is 79.1 Å². The second kappa shape index (κ2) is 13.0. The second-order valence-electron chi connectivity index (χ2n) is 14.4. The average molecular weight is 636 g/mol. The fourth-order valence-electron chi connectivity index (χ4n) is 8.48. The summed E-state index contributed by atoms with van der Waals surface area (Å²) in [5.41, 5.74) is 2.31. The van der Waals surface area contributed by atoms with Crippen molar-refractivity contribution in [3.8, 4) is 17.2 Å². The molecule has 1 saturated heterocycles. The maximum atomic E-state index is 13.6. The van der Waals surface area contributed by atoms with Crippen LogP contribution in [-0.2, 0) is 32.7 Å². The van der Waals surface area contributed by atoms with Crippen LogP contribution in [0, 0.1) is 5.92 Å². The number of carbonyl (C=O) groups is 2. The van der Waals surface area contributed by atoms with Gasteiger partial charge in [0.15, 0.2) is 11.5 Å². The minimum Gasteiger partial charge on any atom is -0.504 e. The Kier molecular flexibility index (Phi) is 9.13. The Labute approximate surface area is 272 Å². The molecule has 1 amide bonds. The number of rotatable bonds is 11. The highest BCUT2D eigenvalue weighted by Gasteiger charge is 2.66. The number of unbranched alkanes of at least 4 members (excludes halogenated alkanes) is 1. The molecule has 2 bridgehead atoms. The lowest BCUT2D eigenvalue weighted by atomic mass is 9.51. The van der Waals surface area contributed by atoms with Crippen molar-refractivity contribution in [3.63, 3.8) is 0 Å². The van der Waals surface area contributed by atoms with Crippen molar-refractivity contribution in [2.45, 2.75) is 108 Å². The summed E-state index contributed by atoms with van der Waals surface area (Å²) in [5, 5.41) is 17.6. The van der Waals surface area contributed by atoms with E-state index in [1.54, 1.807) is 13.2 Å². The van der Waals surface area contributed by atoms with Gasteiger partial charge in [-0.1, -0.05) is 30.3 Å². The number of piperidine rings is 1. The number of carbonyl (C=O) groups excluding carboxylic acids is 2. The van der Waals surface area contributed by atoms with Gasteiger partial charge in [0.05, 0.1) is 7.11 Å². The van der Waals surface area contributed by atoms with Gasteiger partial charge < -0.3 is 34.3 Å². The summed E-state index contributed by atoms with van der Waals surface area (Å²) >= 11 is 0. The number of phenols is 1. The molecule has 6 rings (SSSR count). The molecule has 0 radical (unpaired) electrons. The zero-order chi connectivity index (χ0) is 32.6. The average Bonchev–Trinajstić information content (AvgIpc) is 3.37. The van der Waals surface area contributed by atoms with Gasteiger partial charge in [0.1, 0.15) is 30.1 Å². The highest BCUT2D eigenvalue weighted by Crippen LogP contribution is 2.65. The first kappa shape index (κ1) is 32.4. The minimum atomic E-state index is -0.626. The van der Waals surface area contributed by atoms with Gasteiger partial charge in [0.2, 0.25) is 0 Å². The molecule has 2 heterocycles. The van der Waals surface area contributed by atoms with E-state index in [0.717, 1.165) is 54.7 Å². The van der Waals surface area contributed by atoms with Crippen molar-refractivity contribution in [2.24, 2.45) is 5.92 Å². The van der Waals surface area contributed by atoms with E-state index >= 15 is 0 Å². The third kappa shape index (κ3) is 6.13. The zero-order valence-electron chi connectivity index (χ0n) is 27.8. The maximum absolute atomic E-state index is 13.6. The lowest BCUT2D eigenvalue weighted by Gasteiger charge is -2.59. The van der Waals surface area contributed by atoms with Crippen molar-refractivity contribution in [2.75, 3.05) is 27.2 Å². The largest absolute Gasteiger partial charge is 0.504 e. The van der Waals surface area contributed by atoms with E-state index in [-0.39, 0.29) is 35.9 Å². The Bertz CT molecular complexity index is 1430. The fourth-order valence-corrected chi connectivity index (χ4v) is 8.48. The lowest BCUT2D eigenvalue weighted by Crippen LogP contribution is -2.69. The van der Waals surface area contributed by atoms with Gasteiger partial charge >= 0.3 is 12.1 Å². The normalized spacial score (nSPS) is 26.8. The van der Waals surface area contributed by atoms with E-state index in [9.17, 15) is 14.7 Å². The van der Waals surface area contributed by atoms with Gasteiger partial charge in [-0.2, -0.15) is 0 Å². The molecule has 2 fully saturated rings. The summed E-state index contributed by atoms with van der Waals surface area (Å²) in [4.78, 5) is 28.3. The zero-order valence-corrected chi connectivity index (χ0v) is 27.8. The highest BCUT2D eigenvalue weighted by atomic mass is 16.6. The molecule has 46 heavy (non-hydrogen) atoms. The van der Waals surface area contributed by atoms with E-state index < -0.39 is 17.7 Å². The van der Waals surface area contributed by atoms with Gasteiger partial charge in [0, 0.05) is 41.2 Å². The third-order valence-electron chi connectivity index (χ3n) is 10.4. The number of phenolic OH excluding ortho intramolecular Hbond substituents is 1. The van der Waals surface area contributed by atoms with E-state index in [4.69, 9.17) is 18.9 Å². The standard InChI is InChI=1S/C36H49N3O7/c1-35(2,3)46-33(41)26(13-9-10-17-37-34(42)44-21-22-11-7-6-8-12-22)38-25-15-14-24-27-19-23-29(43-5)20-28(40)31-30(23)36(24,32(25)45-31)16-18-39(27)4/h6-8,11-12,20,24-27,32,38,40H,9-10,13-19,21H2,1-5H3,(H,37,42)/t24-,25-,26-,27+,32-,36-/m0/s1. The topological polar surface area (TPSA) is 119 Å². The van der Waals surface area contributed by atoms with Gasteiger partial charge in [-0.3, -0.25) is 10.1 Å². The molecule has 1 saturated carbocycles. The molecule has 0 unspecified atom stereocenters. The molecule has 6 atom stereocenters. The number of aromatic hydroxyl groups is 1. The van der Waals surface area contributed by atoms with Crippen LogP contribution in [0.5, 0.6) is 17.2 Å². The van der Waals surface area contributed by atoms with Crippen LogP contribution in [0.2, 0.25) is 0 Å². The number of methoxy groups -OCH3 is 1. The van der Waals surface area contributed by atoms with Gasteiger partial charge in [-0.25, -0.2) is 4.79 Å². The van der Waals surface area contributed by atoms with Crippen molar-refractivity contribution in [1.29, 1.82) is 0 Å². The predicted octanol–water partition coefficient (Wildman–Crippen LogP) is 4.84. The van der Waals surface area contributed by atoms with E-state index in [1.807, 2.05) is 51.1 Å². The summed E-state index contributed by atoms with van der Waals surface area (Å²) in [6.07, 6.45) is 4.92. The van der Waals surface area contributed by atoms with E-state index in [2.05, 4.69) is 22.6 Å². The SMILES string of the molecule is COc1cc(O)c2c3c1C[C@@H]1[C@@H]4CC[C@H](N[C@@H](CCCCNC(=O)OCc5ccccc5)C(=O)OC(C)(C)C)[C@H](O2)[C@]34CCN1C. The molecule has 2 aromatic carbocycles. The van der Waals surface area contributed by atoms with Crippen LogP contribution >= 0.6 is 0 Å². The number of likely N-dealkylation sites (tertiary alicyclic amines) is 1. The maximum Gasteiger partial charge on any atom is 0.407 e. The molecule has 0 aromatic heterocycles. The van der Waals surface area contributed by atoms with Crippen LogP contribution in [0.25, 0.3) is 0 Å². The first-order valence-electron chi connectivity index (χ1n) is 16.8. The number of nitrogens with zero attached hydrogens (tertiary/aromatic N) is 1. The second-order valence-corrected chi connectivity index (χ2v) is 14.4. The lowest BCUT2D eigenvalue weighted by molar-refractivity contribution is -0.158. The fraction of sp³-hybridized carbons (Fsp3) is 0.611. The molecule has 1 spiro atoms. The summed E-state index contributed by atoms with van der Waals surface area (Å²) in [6.45, 7) is 7.26. The molecule has 250 valence electrons. The Morgan fingerprint density at radius 1 is 1.17 bits per heavy atom. The highest BCUT2D eigenvalue weighted by molar-refractivity contribution is 5.76. The molecular formula is C36H49N3O7. The van der Waals surface area contributed by atoms with Gasteiger partial charge in [-0.05, 0) is 90.8 Å². The first-order chi connectivity index (χ1) is 22.0. The van der Waals surface area contributed by atoms with Crippen molar-refractivity contribution in [1.82, 2.24) is 15.5 Å². The number of amides is 1. The molecule has 2 aliphatic heterocycles. The Morgan fingerprint density at radius 2 is 1.96 bits per heavy atom. The van der Waals surface area contributed by atoms with Crippen molar-refractivity contribution >= 4 is 12.1 Å².